The molecule has 0 saturated carbocycles. The first-order valence-corrected chi connectivity index (χ1v) is 3.67. The standard InChI is InChI=1S/C4H7Cl2N3O/c5-1-3(8-9-7)4(10)2-6/h3-4,10H,1-2H2. The van der Waals surface area contributed by atoms with Crippen LogP contribution >= 0.6 is 23.2 Å². The monoisotopic (exact) mass is 183 g/mol. The SMILES string of the molecule is [N-]=[N+]=NC(CCl)C(O)CCl. The molecule has 0 spiro atoms. The molecule has 0 amide bonds. The molecule has 0 aromatic rings. The molecule has 10 heavy (non-hydrogen) atoms. The Labute approximate surface area is 68.4 Å². The lowest BCUT2D eigenvalue weighted by Crippen LogP contribution is -2.26. The highest BCUT2D eigenvalue weighted by Crippen LogP contribution is 2.03. The smallest absolute Gasteiger partial charge is 0.0780 e. The first kappa shape index (κ1) is 9.85. The summed E-state index contributed by atoms with van der Waals surface area (Å²) in [6, 6.07) is -0.621. The van der Waals surface area contributed by atoms with Crippen LogP contribution in [-0.2, 0) is 0 Å². The summed E-state index contributed by atoms with van der Waals surface area (Å²) >= 11 is 10.6. The number of aliphatic hydroxyl groups is 1. The van der Waals surface area contributed by atoms with Gasteiger partial charge in [-0.05, 0) is 5.53 Å². The summed E-state index contributed by atoms with van der Waals surface area (Å²) in [7, 11) is 0. The zero-order chi connectivity index (χ0) is 7.98. The van der Waals surface area contributed by atoms with Gasteiger partial charge in [-0.25, -0.2) is 0 Å². The third-order valence-electron chi connectivity index (χ3n) is 0.960. The molecule has 0 heterocycles. The van der Waals surface area contributed by atoms with E-state index in [-0.39, 0.29) is 11.8 Å². The van der Waals surface area contributed by atoms with Crippen LogP contribution in [0, 0.1) is 0 Å². The molecule has 0 aliphatic heterocycles. The summed E-state index contributed by atoms with van der Waals surface area (Å²) < 4.78 is 0. The van der Waals surface area contributed by atoms with Crippen molar-refractivity contribution in [2.75, 3.05) is 11.8 Å². The van der Waals surface area contributed by atoms with Crippen molar-refractivity contribution in [1.29, 1.82) is 0 Å². The van der Waals surface area contributed by atoms with Crippen molar-refractivity contribution >= 4 is 23.2 Å². The lowest BCUT2D eigenvalue weighted by molar-refractivity contribution is 0.175. The molecule has 0 aliphatic carbocycles. The number of aliphatic hydroxyl groups excluding tert-OH is 1. The molecule has 0 aromatic heterocycles. The van der Waals surface area contributed by atoms with E-state index in [2.05, 4.69) is 10.0 Å². The fourth-order valence-electron chi connectivity index (χ4n) is 0.380. The molecule has 0 aliphatic rings. The van der Waals surface area contributed by atoms with Gasteiger partial charge in [0.15, 0.2) is 0 Å². The van der Waals surface area contributed by atoms with Crippen molar-refractivity contribution in [3.8, 4) is 0 Å². The number of hydrogen-bond acceptors (Lipinski definition) is 2. The largest absolute Gasteiger partial charge is 0.391 e. The molecule has 2 unspecified atom stereocenters. The molecule has 0 aromatic carbocycles. The highest BCUT2D eigenvalue weighted by atomic mass is 35.5. The summed E-state index contributed by atoms with van der Waals surface area (Å²) in [6.45, 7) is 0. The first-order chi connectivity index (χ1) is 4.76. The van der Waals surface area contributed by atoms with E-state index in [1.54, 1.807) is 0 Å². The number of azide groups is 1. The van der Waals surface area contributed by atoms with Crippen LogP contribution in [0.1, 0.15) is 0 Å². The van der Waals surface area contributed by atoms with Gasteiger partial charge in [-0.2, -0.15) is 0 Å². The summed E-state index contributed by atoms with van der Waals surface area (Å²) in [5.74, 6) is 0.106. The first-order valence-electron chi connectivity index (χ1n) is 2.60. The van der Waals surface area contributed by atoms with Crippen molar-refractivity contribution in [2.24, 2.45) is 5.11 Å². The van der Waals surface area contributed by atoms with E-state index < -0.39 is 12.1 Å². The van der Waals surface area contributed by atoms with Gasteiger partial charge in [0.2, 0.25) is 0 Å². The second kappa shape index (κ2) is 5.62. The Morgan fingerprint density at radius 2 is 2.10 bits per heavy atom. The Morgan fingerprint density at radius 1 is 1.50 bits per heavy atom. The van der Waals surface area contributed by atoms with E-state index in [4.69, 9.17) is 33.8 Å². The summed E-state index contributed by atoms with van der Waals surface area (Å²) in [5.41, 5.74) is 7.96. The third kappa shape index (κ3) is 3.13. The van der Waals surface area contributed by atoms with E-state index in [1.807, 2.05) is 0 Å². The van der Waals surface area contributed by atoms with E-state index in [9.17, 15) is 0 Å². The molecule has 0 rings (SSSR count). The van der Waals surface area contributed by atoms with Crippen molar-refractivity contribution < 1.29 is 5.11 Å². The van der Waals surface area contributed by atoms with Gasteiger partial charge >= 0.3 is 0 Å². The molecule has 0 fully saturated rings. The van der Waals surface area contributed by atoms with Gasteiger partial charge in [0.1, 0.15) is 0 Å². The molecule has 0 saturated heterocycles. The third-order valence-corrected chi connectivity index (χ3v) is 1.59. The van der Waals surface area contributed by atoms with Gasteiger partial charge in [-0.3, -0.25) is 0 Å². The maximum absolute atomic E-state index is 8.97. The van der Waals surface area contributed by atoms with Crippen molar-refractivity contribution in [3.05, 3.63) is 10.4 Å². The van der Waals surface area contributed by atoms with Gasteiger partial charge in [0.25, 0.3) is 0 Å². The minimum atomic E-state index is -0.852. The van der Waals surface area contributed by atoms with Crippen molar-refractivity contribution in [2.45, 2.75) is 12.1 Å². The van der Waals surface area contributed by atoms with Gasteiger partial charge in [0.05, 0.1) is 12.1 Å². The number of nitrogens with zero attached hydrogens (tertiary/aromatic N) is 3. The van der Waals surface area contributed by atoms with Crippen LogP contribution in [0.2, 0.25) is 0 Å². The second-order valence-corrected chi connectivity index (χ2v) is 2.27. The van der Waals surface area contributed by atoms with Crippen molar-refractivity contribution in [1.82, 2.24) is 0 Å². The van der Waals surface area contributed by atoms with E-state index in [0.717, 1.165) is 0 Å². The molecule has 6 heteroatoms. The predicted molar refractivity (Wildman–Crippen MR) is 40.4 cm³/mol. The van der Waals surface area contributed by atoms with Crippen LogP contribution in [0.4, 0.5) is 0 Å². The molecular formula is C4H7Cl2N3O. The minimum Gasteiger partial charge on any atom is -0.391 e. The van der Waals surface area contributed by atoms with E-state index >= 15 is 0 Å². The van der Waals surface area contributed by atoms with E-state index in [0.29, 0.717) is 0 Å². The van der Waals surface area contributed by atoms with Crippen molar-refractivity contribution in [3.63, 3.8) is 0 Å². The lowest BCUT2D eigenvalue weighted by Gasteiger charge is -2.11. The number of halogens is 2. The number of alkyl halides is 2. The van der Waals surface area contributed by atoms with Crippen LogP contribution < -0.4 is 0 Å². The molecule has 2 atom stereocenters. The lowest BCUT2D eigenvalue weighted by atomic mass is 10.2. The summed E-state index contributed by atoms with van der Waals surface area (Å²) in [4.78, 5) is 2.50. The fraction of sp³-hybridized carbons (Fsp3) is 1.00. The minimum absolute atomic E-state index is 0.0242. The highest BCUT2D eigenvalue weighted by Gasteiger charge is 2.14. The van der Waals surface area contributed by atoms with Crippen LogP contribution in [0.15, 0.2) is 5.11 Å². The Bertz CT molecular complexity index is 136. The number of rotatable bonds is 4. The molecule has 1 N–H and O–H groups in total. The van der Waals surface area contributed by atoms with Crippen LogP contribution in [-0.4, -0.2) is 29.0 Å². The van der Waals surface area contributed by atoms with Gasteiger partial charge in [-0.15, -0.1) is 23.2 Å². The Balaban J connectivity index is 3.91. The van der Waals surface area contributed by atoms with Gasteiger partial charge < -0.3 is 5.11 Å². The average Bonchev–Trinajstić information content (AvgIpc) is 1.99. The molecule has 4 nitrogen and oxygen atoms in total. The number of hydrogen-bond donors (Lipinski definition) is 1. The van der Waals surface area contributed by atoms with Gasteiger partial charge in [0, 0.05) is 16.7 Å². The zero-order valence-corrected chi connectivity index (χ0v) is 6.63. The topological polar surface area (TPSA) is 69.0 Å². The molecule has 58 valence electrons. The quantitative estimate of drug-likeness (QED) is 0.306. The maximum Gasteiger partial charge on any atom is 0.0780 e. The molecular weight excluding hydrogens is 177 g/mol. The van der Waals surface area contributed by atoms with Gasteiger partial charge in [-0.1, -0.05) is 5.11 Å². The summed E-state index contributed by atoms with van der Waals surface area (Å²) in [5, 5.41) is 12.2. The molecule has 0 radical (unpaired) electrons. The molecule has 0 bridgehead atoms. The zero-order valence-electron chi connectivity index (χ0n) is 5.11. The Kier molecular flexibility index (Phi) is 5.54. The highest BCUT2D eigenvalue weighted by molar-refractivity contribution is 6.19. The van der Waals surface area contributed by atoms with Crippen LogP contribution in [0.25, 0.3) is 10.4 Å². The van der Waals surface area contributed by atoms with E-state index in [1.165, 1.54) is 0 Å². The van der Waals surface area contributed by atoms with Crippen LogP contribution in [0.3, 0.4) is 0 Å². The average molecular weight is 184 g/mol. The predicted octanol–water partition coefficient (Wildman–Crippen LogP) is 1.50. The van der Waals surface area contributed by atoms with Crippen LogP contribution in [0.5, 0.6) is 0 Å². The summed E-state index contributed by atoms with van der Waals surface area (Å²) in [6.07, 6.45) is -0.852. The Hall–Kier alpha value is -0.150. The normalized spacial score (nSPS) is 15.5. The maximum atomic E-state index is 8.97. The second-order valence-electron chi connectivity index (χ2n) is 1.65. The fourth-order valence-corrected chi connectivity index (χ4v) is 0.853. The Morgan fingerprint density at radius 3 is 2.40 bits per heavy atom.